The number of rotatable bonds is 7. The van der Waals surface area contributed by atoms with Crippen LogP contribution in [0, 0.1) is 0 Å². The highest BCUT2D eigenvalue weighted by Gasteiger charge is 2.32. The maximum atomic E-state index is 12.1. The van der Waals surface area contributed by atoms with E-state index in [-0.39, 0.29) is 18.9 Å². The molecule has 1 aliphatic rings. The summed E-state index contributed by atoms with van der Waals surface area (Å²) in [7, 11) is 0. The van der Waals surface area contributed by atoms with E-state index in [0.29, 0.717) is 23.9 Å². The Hall–Kier alpha value is -2.73. The summed E-state index contributed by atoms with van der Waals surface area (Å²) in [5.41, 5.74) is 1.61. The molecule has 2 amide bonds. The molecule has 3 rings (SSSR count). The van der Waals surface area contributed by atoms with Crippen molar-refractivity contribution in [2.45, 2.75) is 19.4 Å². The molecule has 1 atom stereocenters. The molecule has 0 bridgehead atoms. The summed E-state index contributed by atoms with van der Waals surface area (Å²) in [5.74, 6) is 0.655. The Labute approximate surface area is 163 Å². The van der Waals surface area contributed by atoms with Gasteiger partial charge in [0.25, 0.3) is 0 Å². The molecule has 1 N–H and O–H groups in total. The van der Waals surface area contributed by atoms with Crippen molar-refractivity contribution in [1.29, 1.82) is 0 Å². The van der Waals surface area contributed by atoms with Gasteiger partial charge in [0.15, 0.2) is 0 Å². The smallest absolute Gasteiger partial charge is 0.414 e. The van der Waals surface area contributed by atoms with Crippen molar-refractivity contribution >= 4 is 29.3 Å². The van der Waals surface area contributed by atoms with Gasteiger partial charge < -0.3 is 14.8 Å². The molecule has 0 radical (unpaired) electrons. The largest absolute Gasteiger partial charge is 0.494 e. The van der Waals surface area contributed by atoms with Crippen molar-refractivity contribution in [2.24, 2.45) is 0 Å². The van der Waals surface area contributed by atoms with Gasteiger partial charge in [-0.2, -0.15) is 0 Å². The molecule has 1 saturated heterocycles. The number of ether oxygens (including phenoxy) is 2. The fourth-order valence-electron chi connectivity index (χ4n) is 2.81. The van der Waals surface area contributed by atoms with Crippen LogP contribution in [-0.2, 0) is 16.0 Å². The molecule has 2 aromatic carbocycles. The Bertz CT molecular complexity index is 793. The Morgan fingerprint density at radius 3 is 2.59 bits per heavy atom. The minimum absolute atomic E-state index is 0.125. The van der Waals surface area contributed by atoms with Gasteiger partial charge in [0, 0.05) is 10.7 Å². The lowest BCUT2D eigenvalue weighted by molar-refractivity contribution is -0.120. The van der Waals surface area contributed by atoms with Crippen molar-refractivity contribution in [3.8, 4) is 5.75 Å². The number of amides is 2. The lowest BCUT2D eigenvalue weighted by Crippen LogP contribution is -2.35. The number of cyclic esters (lactones) is 1. The topological polar surface area (TPSA) is 67.9 Å². The van der Waals surface area contributed by atoms with Crippen LogP contribution in [0.3, 0.4) is 0 Å². The second-order valence-corrected chi connectivity index (χ2v) is 6.59. The first kappa shape index (κ1) is 19.0. The fourth-order valence-corrected chi connectivity index (χ4v) is 2.93. The number of carbonyl (C=O) groups excluding carboxylic acids is 2. The van der Waals surface area contributed by atoms with Crippen LogP contribution in [0.1, 0.15) is 12.5 Å². The molecule has 1 aliphatic heterocycles. The van der Waals surface area contributed by atoms with E-state index in [1.165, 1.54) is 4.90 Å². The van der Waals surface area contributed by atoms with E-state index < -0.39 is 12.2 Å². The summed E-state index contributed by atoms with van der Waals surface area (Å²) < 4.78 is 10.7. The summed E-state index contributed by atoms with van der Waals surface area (Å²) >= 11 is 5.87. The van der Waals surface area contributed by atoms with Crippen LogP contribution < -0.4 is 15.0 Å². The van der Waals surface area contributed by atoms with Gasteiger partial charge in [-0.25, -0.2) is 4.79 Å². The fraction of sp³-hybridized carbons (Fsp3) is 0.300. The first-order valence-corrected chi connectivity index (χ1v) is 9.15. The molecule has 7 heteroatoms. The van der Waals surface area contributed by atoms with Crippen LogP contribution in [0.15, 0.2) is 48.5 Å². The summed E-state index contributed by atoms with van der Waals surface area (Å²) in [5, 5.41) is 3.42. The molecule has 2 aromatic rings. The summed E-state index contributed by atoms with van der Waals surface area (Å²) in [6.45, 7) is 3.17. The highest BCUT2D eigenvalue weighted by atomic mass is 35.5. The van der Waals surface area contributed by atoms with Crippen molar-refractivity contribution < 1.29 is 19.1 Å². The molecule has 0 spiro atoms. The predicted octanol–water partition coefficient (Wildman–Crippen LogP) is 3.42. The molecule has 0 unspecified atom stereocenters. The SMILES string of the molecule is CCOc1ccc(CC(=O)NC[C@H]2CN(c3ccc(Cl)cc3)C(=O)O2)cc1. The van der Waals surface area contributed by atoms with E-state index in [1.54, 1.807) is 24.3 Å². The number of hydrogen-bond donors (Lipinski definition) is 1. The average molecular weight is 389 g/mol. The molecular formula is C20H21ClN2O4. The Morgan fingerprint density at radius 1 is 1.22 bits per heavy atom. The molecule has 6 nitrogen and oxygen atoms in total. The van der Waals surface area contributed by atoms with Crippen molar-refractivity contribution in [3.63, 3.8) is 0 Å². The summed E-state index contributed by atoms with van der Waals surface area (Å²) in [6.07, 6.45) is -0.561. The monoisotopic (exact) mass is 388 g/mol. The van der Waals surface area contributed by atoms with E-state index in [1.807, 2.05) is 31.2 Å². The summed E-state index contributed by atoms with van der Waals surface area (Å²) in [6, 6.07) is 14.4. The highest BCUT2D eigenvalue weighted by Crippen LogP contribution is 2.23. The number of benzene rings is 2. The van der Waals surface area contributed by atoms with Crippen molar-refractivity contribution in [3.05, 3.63) is 59.1 Å². The predicted molar refractivity (Wildman–Crippen MR) is 103 cm³/mol. The molecule has 27 heavy (non-hydrogen) atoms. The quantitative estimate of drug-likeness (QED) is 0.789. The molecular weight excluding hydrogens is 368 g/mol. The van der Waals surface area contributed by atoms with Crippen LogP contribution in [0.4, 0.5) is 10.5 Å². The Balaban J connectivity index is 1.47. The zero-order valence-electron chi connectivity index (χ0n) is 15.0. The third kappa shape index (κ3) is 5.14. The van der Waals surface area contributed by atoms with Gasteiger partial charge in [0.05, 0.1) is 26.1 Å². The van der Waals surface area contributed by atoms with Gasteiger partial charge >= 0.3 is 6.09 Å². The van der Waals surface area contributed by atoms with Crippen LogP contribution in [0.25, 0.3) is 0 Å². The number of anilines is 1. The normalized spacial score (nSPS) is 16.1. The Kier molecular flexibility index (Phi) is 6.19. The maximum Gasteiger partial charge on any atom is 0.414 e. The van der Waals surface area contributed by atoms with Gasteiger partial charge in [-0.3, -0.25) is 9.69 Å². The van der Waals surface area contributed by atoms with E-state index in [4.69, 9.17) is 21.1 Å². The number of halogens is 1. The van der Waals surface area contributed by atoms with Crippen LogP contribution in [0.5, 0.6) is 5.75 Å². The lowest BCUT2D eigenvalue weighted by Gasteiger charge is -2.13. The van der Waals surface area contributed by atoms with E-state index >= 15 is 0 Å². The molecule has 1 fully saturated rings. The van der Waals surface area contributed by atoms with E-state index in [9.17, 15) is 9.59 Å². The zero-order valence-corrected chi connectivity index (χ0v) is 15.7. The molecule has 142 valence electrons. The minimum Gasteiger partial charge on any atom is -0.494 e. The Morgan fingerprint density at radius 2 is 1.93 bits per heavy atom. The van der Waals surface area contributed by atoms with Crippen molar-refractivity contribution in [1.82, 2.24) is 5.32 Å². The van der Waals surface area contributed by atoms with E-state index in [0.717, 1.165) is 11.3 Å². The van der Waals surface area contributed by atoms with Gasteiger partial charge in [0.1, 0.15) is 11.9 Å². The first-order valence-electron chi connectivity index (χ1n) is 8.77. The molecule has 0 saturated carbocycles. The number of nitrogens with one attached hydrogen (secondary N) is 1. The van der Waals surface area contributed by atoms with Crippen molar-refractivity contribution in [2.75, 3.05) is 24.6 Å². The second-order valence-electron chi connectivity index (χ2n) is 6.15. The third-order valence-corrected chi connectivity index (χ3v) is 4.39. The lowest BCUT2D eigenvalue weighted by atomic mass is 10.1. The average Bonchev–Trinajstić information content (AvgIpc) is 3.03. The molecule has 1 heterocycles. The standard InChI is InChI=1S/C20H21ClN2O4/c1-2-26-17-9-3-14(4-10-17)11-19(24)22-12-18-13-23(20(25)27-18)16-7-5-15(21)6-8-16/h3-10,18H,2,11-13H2,1H3,(H,22,24)/t18-/m0/s1. The van der Waals surface area contributed by atoms with Crippen LogP contribution in [-0.4, -0.2) is 37.8 Å². The maximum absolute atomic E-state index is 12.1. The molecule has 0 aromatic heterocycles. The van der Waals surface area contributed by atoms with E-state index in [2.05, 4.69) is 5.32 Å². The zero-order chi connectivity index (χ0) is 19.2. The summed E-state index contributed by atoms with van der Waals surface area (Å²) in [4.78, 5) is 25.7. The first-order chi connectivity index (χ1) is 13.0. The van der Waals surface area contributed by atoms with Crippen LogP contribution >= 0.6 is 11.6 Å². The van der Waals surface area contributed by atoms with Gasteiger partial charge in [-0.05, 0) is 48.9 Å². The van der Waals surface area contributed by atoms with Gasteiger partial charge in [-0.15, -0.1) is 0 Å². The molecule has 0 aliphatic carbocycles. The highest BCUT2D eigenvalue weighted by molar-refractivity contribution is 6.30. The number of carbonyl (C=O) groups is 2. The number of hydrogen-bond acceptors (Lipinski definition) is 4. The second kappa shape index (κ2) is 8.77. The third-order valence-electron chi connectivity index (χ3n) is 4.14. The van der Waals surface area contributed by atoms with Gasteiger partial charge in [0.2, 0.25) is 5.91 Å². The minimum atomic E-state index is -0.428. The van der Waals surface area contributed by atoms with Gasteiger partial charge in [-0.1, -0.05) is 23.7 Å². The van der Waals surface area contributed by atoms with Crippen LogP contribution in [0.2, 0.25) is 5.02 Å². The number of nitrogens with zero attached hydrogens (tertiary/aromatic N) is 1.